The van der Waals surface area contributed by atoms with Gasteiger partial charge < -0.3 is 9.67 Å². The van der Waals surface area contributed by atoms with Crippen molar-refractivity contribution in [1.29, 1.82) is 0 Å². The number of rotatable bonds is 6. The molecule has 3 aromatic rings. The first-order valence-corrected chi connectivity index (χ1v) is 9.90. The number of carbonyl (C=O) groups is 1. The third-order valence-corrected chi connectivity index (χ3v) is 5.00. The lowest BCUT2D eigenvalue weighted by atomic mass is 10.2. The van der Waals surface area contributed by atoms with Crippen molar-refractivity contribution in [3.63, 3.8) is 0 Å². The number of nitrogens with zero attached hydrogens (tertiary/aromatic N) is 3. The lowest BCUT2D eigenvalue weighted by molar-refractivity contribution is 0.0995. The molecule has 3 rings (SSSR count). The van der Waals surface area contributed by atoms with Gasteiger partial charge in [0.1, 0.15) is 0 Å². The summed E-state index contributed by atoms with van der Waals surface area (Å²) >= 11 is 9.36. The van der Waals surface area contributed by atoms with Gasteiger partial charge in [-0.1, -0.05) is 53.4 Å². The molecule has 0 bridgehead atoms. The van der Waals surface area contributed by atoms with Crippen molar-refractivity contribution >= 4 is 50.0 Å². The van der Waals surface area contributed by atoms with E-state index in [4.69, 9.17) is 11.6 Å². The van der Waals surface area contributed by atoms with Crippen molar-refractivity contribution in [2.45, 2.75) is 32.7 Å². The average Bonchev–Trinajstić information content (AvgIpc) is 2.90. The molecule has 1 N–H and O–H groups in total. The summed E-state index contributed by atoms with van der Waals surface area (Å²) in [6.07, 6.45) is 3.11. The summed E-state index contributed by atoms with van der Waals surface area (Å²) < 4.78 is 2.67. The second kappa shape index (κ2) is 8.67. The quantitative estimate of drug-likeness (QED) is 0.330. The van der Waals surface area contributed by atoms with Crippen LogP contribution in [0.1, 0.15) is 36.5 Å². The monoisotopic (exact) mass is 447 g/mol. The van der Waals surface area contributed by atoms with Crippen LogP contribution in [-0.2, 0) is 6.54 Å². The number of fused-ring (bicyclic) bond motifs is 1. The summed E-state index contributed by atoms with van der Waals surface area (Å²) in [4.78, 5) is 12.3. The first-order chi connectivity index (χ1) is 13.0. The van der Waals surface area contributed by atoms with E-state index < -0.39 is 5.91 Å². The van der Waals surface area contributed by atoms with Gasteiger partial charge in [-0.3, -0.25) is 4.79 Å². The molecule has 27 heavy (non-hydrogen) atoms. The number of halogens is 2. The zero-order valence-corrected chi connectivity index (χ0v) is 17.2. The average molecular weight is 449 g/mol. The van der Waals surface area contributed by atoms with E-state index in [0.29, 0.717) is 17.1 Å². The Bertz CT molecular complexity index is 1010. The van der Waals surface area contributed by atoms with Gasteiger partial charge >= 0.3 is 0 Å². The molecule has 0 aliphatic carbocycles. The SMILES string of the molecule is CCCCCn1c(O)c(N=NC(=O)c2cccc(Cl)c2)c2cc(Br)ccc21. The van der Waals surface area contributed by atoms with Crippen LogP contribution in [-0.4, -0.2) is 15.6 Å². The van der Waals surface area contributed by atoms with Crippen molar-refractivity contribution in [2.24, 2.45) is 10.2 Å². The van der Waals surface area contributed by atoms with Crippen molar-refractivity contribution in [2.75, 3.05) is 0 Å². The van der Waals surface area contributed by atoms with E-state index in [9.17, 15) is 9.90 Å². The number of aromatic nitrogens is 1. The summed E-state index contributed by atoms with van der Waals surface area (Å²) in [6, 6.07) is 12.2. The molecule has 140 valence electrons. The van der Waals surface area contributed by atoms with E-state index >= 15 is 0 Å². The van der Waals surface area contributed by atoms with E-state index in [2.05, 4.69) is 33.1 Å². The second-order valence-corrected chi connectivity index (χ2v) is 7.56. The zero-order chi connectivity index (χ0) is 19.4. The number of carbonyl (C=O) groups excluding carboxylic acids is 1. The number of amides is 1. The second-order valence-electron chi connectivity index (χ2n) is 6.21. The molecular weight excluding hydrogens is 430 g/mol. The van der Waals surface area contributed by atoms with Gasteiger partial charge in [-0.15, -0.1) is 10.2 Å². The standard InChI is InChI=1S/C20H19BrClN3O2/c1-2-3-4-10-25-17-9-8-14(21)12-16(17)18(20(25)27)23-24-19(26)13-6-5-7-15(22)11-13/h5-9,11-12,27H,2-4,10H2,1H3. The van der Waals surface area contributed by atoms with Gasteiger partial charge in [0.15, 0.2) is 5.69 Å². The molecule has 1 aromatic heterocycles. The fourth-order valence-electron chi connectivity index (χ4n) is 2.92. The van der Waals surface area contributed by atoms with Crippen LogP contribution in [0, 0.1) is 0 Å². The Morgan fingerprint density at radius 2 is 2.04 bits per heavy atom. The Hall–Kier alpha value is -2.18. The van der Waals surface area contributed by atoms with Crippen LogP contribution in [0.3, 0.4) is 0 Å². The lowest BCUT2D eigenvalue weighted by Crippen LogP contribution is -1.96. The third kappa shape index (κ3) is 4.39. The van der Waals surface area contributed by atoms with Crippen LogP contribution in [0.2, 0.25) is 5.02 Å². The van der Waals surface area contributed by atoms with Crippen molar-refractivity contribution in [3.8, 4) is 5.88 Å². The van der Waals surface area contributed by atoms with Crippen LogP contribution in [0.5, 0.6) is 5.88 Å². The molecule has 1 amide bonds. The minimum absolute atomic E-state index is 0.0156. The molecule has 0 unspecified atom stereocenters. The largest absolute Gasteiger partial charge is 0.493 e. The maximum atomic E-state index is 12.3. The molecule has 0 aliphatic rings. The first kappa shape index (κ1) is 19.6. The number of aromatic hydroxyl groups is 1. The van der Waals surface area contributed by atoms with Crippen molar-refractivity contribution < 1.29 is 9.90 Å². The zero-order valence-electron chi connectivity index (χ0n) is 14.8. The van der Waals surface area contributed by atoms with E-state index in [1.807, 2.05) is 22.8 Å². The van der Waals surface area contributed by atoms with Gasteiger partial charge in [-0.05, 0) is 42.8 Å². The summed E-state index contributed by atoms with van der Waals surface area (Å²) in [5, 5.41) is 19.7. The molecule has 0 atom stereocenters. The highest BCUT2D eigenvalue weighted by molar-refractivity contribution is 9.10. The van der Waals surface area contributed by atoms with Crippen LogP contribution in [0.15, 0.2) is 57.2 Å². The summed E-state index contributed by atoms with van der Waals surface area (Å²) in [7, 11) is 0. The minimum atomic E-state index is -0.515. The Morgan fingerprint density at radius 3 is 2.78 bits per heavy atom. The Kier molecular flexibility index (Phi) is 6.29. The molecule has 0 saturated heterocycles. The fraction of sp³-hybridized carbons (Fsp3) is 0.250. The van der Waals surface area contributed by atoms with Crippen molar-refractivity contribution in [1.82, 2.24) is 4.57 Å². The number of benzene rings is 2. The highest BCUT2D eigenvalue weighted by Crippen LogP contribution is 2.40. The molecule has 2 aromatic carbocycles. The summed E-state index contributed by atoms with van der Waals surface area (Å²) in [6.45, 7) is 2.81. The fourth-order valence-corrected chi connectivity index (χ4v) is 3.47. The van der Waals surface area contributed by atoms with Crippen LogP contribution in [0.25, 0.3) is 10.9 Å². The third-order valence-electron chi connectivity index (χ3n) is 4.27. The highest BCUT2D eigenvalue weighted by Gasteiger charge is 2.17. The number of aryl methyl sites for hydroxylation is 1. The number of unbranched alkanes of at least 4 members (excludes halogenated alkanes) is 2. The predicted octanol–water partition coefficient (Wildman–Crippen LogP) is 6.88. The molecule has 0 fully saturated rings. The lowest BCUT2D eigenvalue weighted by Gasteiger charge is -2.06. The number of hydrogen-bond acceptors (Lipinski definition) is 3. The van der Waals surface area contributed by atoms with Gasteiger partial charge in [0.05, 0.1) is 5.52 Å². The van der Waals surface area contributed by atoms with E-state index in [1.54, 1.807) is 18.2 Å². The molecule has 0 spiro atoms. The van der Waals surface area contributed by atoms with E-state index in [-0.39, 0.29) is 11.6 Å². The summed E-state index contributed by atoms with van der Waals surface area (Å²) in [5.74, 6) is -0.499. The number of hydrogen-bond donors (Lipinski definition) is 1. The van der Waals surface area contributed by atoms with E-state index in [0.717, 1.165) is 34.6 Å². The molecule has 0 saturated carbocycles. The molecule has 7 heteroatoms. The van der Waals surface area contributed by atoms with Crippen LogP contribution < -0.4 is 0 Å². The predicted molar refractivity (Wildman–Crippen MR) is 111 cm³/mol. The van der Waals surface area contributed by atoms with Crippen LogP contribution >= 0.6 is 27.5 Å². The Balaban J connectivity index is 1.99. The minimum Gasteiger partial charge on any atom is -0.493 e. The Morgan fingerprint density at radius 1 is 1.22 bits per heavy atom. The van der Waals surface area contributed by atoms with E-state index in [1.165, 1.54) is 6.07 Å². The summed E-state index contributed by atoms with van der Waals surface area (Å²) in [5.41, 5.74) is 1.49. The Labute approximate surface area is 170 Å². The van der Waals surface area contributed by atoms with Gasteiger partial charge in [0.25, 0.3) is 5.91 Å². The first-order valence-electron chi connectivity index (χ1n) is 8.73. The van der Waals surface area contributed by atoms with Gasteiger partial charge in [0.2, 0.25) is 5.88 Å². The maximum Gasteiger partial charge on any atom is 0.295 e. The van der Waals surface area contributed by atoms with Crippen molar-refractivity contribution in [3.05, 3.63) is 57.5 Å². The van der Waals surface area contributed by atoms with Gasteiger partial charge in [-0.2, -0.15) is 0 Å². The highest BCUT2D eigenvalue weighted by atomic mass is 79.9. The molecule has 1 heterocycles. The van der Waals surface area contributed by atoms with Crippen LogP contribution in [0.4, 0.5) is 5.69 Å². The number of azo groups is 1. The molecular formula is C20H19BrClN3O2. The topological polar surface area (TPSA) is 66.9 Å². The molecule has 5 nitrogen and oxygen atoms in total. The maximum absolute atomic E-state index is 12.3. The molecule has 0 radical (unpaired) electrons. The normalized spacial score (nSPS) is 11.5. The smallest absolute Gasteiger partial charge is 0.295 e. The van der Waals surface area contributed by atoms with Gasteiger partial charge in [0, 0.05) is 27.0 Å². The van der Waals surface area contributed by atoms with Gasteiger partial charge in [-0.25, -0.2) is 0 Å². The molecule has 0 aliphatic heterocycles.